The second-order valence-electron chi connectivity index (χ2n) is 3.69. The SMILES string of the molecule is C[C@@H](NCCCC(=O)O)c1ccccc1Br. The summed E-state index contributed by atoms with van der Waals surface area (Å²) in [5, 5.41) is 11.8. The van der Waals surface area contributed by atoms with Gasteiger partial charge in [-0.25, -0.2) is 0 Å². The summed E-state index contributed by atoms with van der Waals surface area (Å²) < 4.78 is 1.08. The number of hydrogen-bond acceptors (Lipinski definition) is 2. The van der Waals surface area contributed by atoms with Crippen LogP contribution in [0.4, 0.5) is 0 Å². The Morgan fingerprint density at radius 2 is 2.19 bits per heavy atom. The van der Waals surface area contributed by atoms with E-state index in [-0.39, 0.29) is 12.5 Å². The Balaban J connectivity index is 2.38. The third-order valence-electron chi connectivity index (χ3n) is 2.39. The van der Waals surface area contributed by atoms with Crippen LogP contribution in [0.5, 0.6) is 0 Å². The molecular formula is C12H16BrNO2. The Morgan fingerprint density at radius 3 is 2.81 bits per heavy atom. The van der Waals surface area contributed by atoms with Gasteiger partial charge < -0.3 is 10.4 Å². The van der Waals surface area contributed by atoms with Crippen molar-refractivity contribution in [1.82, 2.24) is 5.32 Å². The number of benzene rings is 1. The van der Waals surface area contributed by atoms with E-state index >= 15 is 0 Å². The average Bonchev–Trinajstić information content (AvgIpc) is 2.24. The molecule has 1 aromatic rings. The van der Waals surface area contributed by atoms with Crippen molar-refractivity contribution in [2.75, 3.05) is 6.54 Å². The number of hydrogen-bond donors (Lipinski definition) is 2. The van der Waals surface area contributed by atoms with E-state index in [4.69, 9.17) is 5.11 Å². The minimum Gasteiger partial charge on any atom is -0.481 e. The zero-order chi connectivity index (χ0) is 12.0. The molecule has 0 spiro atoms. The highest BCUT2D eigenvalue weighted by Crippen LogP contribution is 2.22. The zero-order valence-corrected chi connectivity index (χ0v) is 10.8. The van der Waals surface area contributed by atoms with Crippen LogP contribution in [0.25, 0.3) is 0 Å². The molecule has 0 aliphatic carbocycles. The van der Waals surface area contributed by atoms with Gasteiger partial charge in [-0.1, -0.05) is 34.1 Å². The van der Waals surface area contributed by atoms with Crippen molar-refractivity contribution in [3.63, 3.8) is 0 Å². The van der Waals surface area contributed by atoms with Gasteiger partial charge in [0.25, 0.3) is 0 Å². The van der Waals surface area contributed by atoms with Crippen molar-refractivity contribution in [1.29, 1.82) is 0 Å². The highest BCUT2D eigenvalue weighted by molar-refractivity contribution is 9.10. The lowest BCUT2D eigenvalue weighted by atomic mass is 10.1. The molecule has 4 heteroatoms. The summed E-state index contributed by atoms with van der Waals surface area (Å²) in [5.74, 6) is -0.740. The van der Waals surface area contributed by atoms with Crippen LogP contribution in [0, 0.1) is 0 Å². The Morgan fingerprint density at radius 1 is 1.50 bits per heavy atom. The third kappa shape index (κ3) is 4.33. The molecule has 0 aromatic heterocycles. The first kappa shape index (κ1) is 13.2. The van der Waals surface area contributed by atoms with Gasteiger partial charge in [-0.2, -0.15) is 0 Å². The number of carbonyl (C=O) groups is 1. The number of carboxylic acids is 1. The highest BCUT2D eigenvalue weighted by atomic mass is 79.9. The van der Waals surface area contributed by atoms with Gasteiger partial charge in [-0.05, 0) is 31.5 Å². The quantitative estimate of drug-likeness (QED) is 0.790. The first-order valence-electron chi connectivity index (χ1n) is 5.31. The highest BCUT2D eigenvalue weighted by Gasteiger charge is 2.07. The predicted molar refractivity (Wildman–Crippen MR) is 67.4 cm³/mol. The fourth-order valence-electron chi connectivity index (χ4n) is 1.49. The zero-order valence-electron chi connectivity index (χ0n) is 9.24. The van der Waals surface area contributed by atoms with Crippen LogP contribution in [0.3, 0.4) is 0 Å². The van der Waals surface area contributed by atoms with Crippen molar-refractivity contribution in [3.05, 3.63) is 34.3 Å². The maximum atomic E-state index is 10.3. The van der Waals surface area contributed by atoms with E-state index in [1.165, 1.54) is 5.56 Å². The average molecular weight is 286 g/mol. The van der Waals surface area contributed by atoms with Gasteiger partial charge in [0.2, 0.25) is 0 Å². The predicted octanol–water partition coefficient (Wildman–Crippen LogP) is 2.96. The second-order valence-corrected chi connectivity index (χ2v) is 4.55. The van der Waals surface area contributed by atoms with Gasteiger partial charge in [0, 0.05) is 16.9 Å². The number of aliphatic carboxylic acids is 1. The van der Waals surface area contributed by atoms with E-state index in [1.807, 2.05) is 18.2 Å². The number of rotatable bonds is 6. The maximum absolute atomic E-state index is 10.3. The Labute approximate surface area is 104 Å². The standard InChI is InChI=1S/C12H16BrNO2/c1-9(14-8-4-7-12(15)16)10-5-2-3-6-11(10)13/h2-3,5-6,9,14H,4,7-8H2,1H3,(H,15,16)/t9-/m1/s1. The molecule has 0 aliphatic rings. The lowest BCUT2D eigenvalue weighted by Gasteiger charge is -2.15. The molecule has 0 aliphatic heterocycles. The summed E-state index contributed by atoms with van der Waals surface area (Å²) in [6.45, 7) is 2.79. The maximum Gasteiger partial charge on any atom is 0.303 e. The van der Waals surface area contributed by atoms with Gasteiger partial charge in [0.05, 0.1) is 0 Å². The van der Waals surface area contributed by atoms with E-state index in [0.29, 0.717) is 6.42 Å². The molecular weight excluding hydrogens is 270 g/mol. The Hall–Kier alpha value is -0.870. The number of nitrogens with one attached hydrogen (secondary N) is 1. The normalized spacial score (nSPS) is 12.4. The van der Waals surface area contributed by atoms with Gasteiger partial charge in [-0.3, -0.25) is 4.79 Å². The van der Waals surface area contributed by atoms with Crippen LogP contribution < -0.4 is 5.32 Å². The molecule has 16 heavy (non-hydrogen) atoms. The minimum absolute atomic E-state index is 0.218. The van der Waals surface area contributed by atoms with Gasteiger partial charge in [0.15, 0.2) is 0 Å². The van der Waals surface area contributed by atoms with Crippen molar-refractivity contribution < 1.29 is 9.90 Å². The van der Waals surface area contributed by atoms with Crippen molar-refractivity contribution in [2.45, 2.75) is 25.8 Å². The van der Waals surface area contributed by atoms with E-state index in [1.54, 1.807) is 0 Å². The largest absolute Gasteiger partial charge is 0.481 e. The molecule has 0 saturated heterocycles. The van der Waals surface area contributed by atoms with Crippen molar-refractivity contribution >= 4 is 21.9 Å². The molecule has 2 N–H and O–H groups in total. The molecule has 0 bridgehead atoms. The smallest absolute Gasteiger partial charge is 0.303 e. The monoisotopic (exact) mass is 285 g/mol. The van der Waals surface area contributed by atoms with E-state index in [9.17, 15) is 4.79 Å². The molecule has 1 aromatic carbocycles. The lowest BCUT2D eigenvalue weighted by molar-refractivity contribution is -0.137. The van der Waals surface area contributed by atoms with Crippen LogP contribution in [0.1, 0.15) is 31.4 Å². The molecule has 0 heterocycles. The first-order valence-corrected chi connectivity index (χ1v) is 6.10. The number of carboxylic acid groups (broad SMARTS) is 1. The molecule has 88 valence electrons. The van der Waals surface area contributed by atoms with Crippen LogP contribution in [0.15, 0.2) is 28.7 Å². The van der Waals surface area contributed by atoms with E-state index < -0.39 is 5.97 Å². The molecule has 3 nitrogen and oxygen atoms in total. The second kappa shape index (κ2) is 6.66. The lowest BCUT2D eigenvalue weighted by Crippen LogP contribution is -2.20. The fourth-order valence-corrected chi connectivity index (χ4v) is 2.12. The van der Waals surface area contributed by atoms with Crippen LogP contribution in [-0.2, 0) is 4.79 Å². The third-order valence-corrected chi connectivity index (χ3v) is 3.11. The summed E-state index contributed by atoms with van der Waals surface area (Å²) in [5.41, 5.74) is 1.19. The number of halogens is 1. The van der Waals surface area contributed by atoms with Crippen molar-refractivity contribution in [3.8, 4) is 0 Å². The van der Waals surface area contributed by atoms with Crippen molar-refractivity contribution in [2.24, 2.45) is 0 Å². The summed E-state index contributed by atoms with van der Waals surface area (Å²) in [7, 11) is 0. The minimum atomic E-state index is -0.740. The molecule has 0 saturated carbocycles. The fraction of sp³-hybridized carbons (Fsp3) is 0.417. The topological polar surface area (TPSA) is 49.3 Å². The summed E-state index contributed by atoms with van der Waals surface area (Å²) >= 11 is 3.49. The molecule has 0 unspecified atom stereocenters. The summed E-state index contributed by atoms with van der Waals surface area (Å²) in [4.78, 5) is 10.3. The molecule has 0 fully saturated rings. The first-order chi connectivity index (χ1) is 7.61. The molecule has 1 atom stereocenters. The van der Waals surface area contributed by atoms with Gasteiger partial charge >= 0.3 is 5.97 Å². The summed E-state index contributed by atoms with van der Waals surface area (Å²) in [6, 6.07) is 8.26. The van der Waals surface area contributed by atoms with Crippen LogP contribution >= 0.6 is 15.9 Å². The van der Waals surface area contributed by atoms with E-state index in [2.05, 4.69) is 34.2 Å². The van der Waals surface area contributed by atoms with Crippen LogP contribution in [-0.4, -0.2) is 17.6 Å². The Kier molecular flexibility index (Phi) is 5.49. The van der Waals surface area contributed by atoms with Gasteiger partial charge in [0.1, 0.15) is 0 Å². The van der Waals surface area contributed by atoms with E-state index in [0.717, 1.165) is 11.0 Å². The van der Waals surface area contributed by atoms with Gasteiger partial charge in [-0.15, -0.1) is 0 Å². The van der Waals surface area contributed by atoms with Crippen LogP contribution in [0.2, 0.25) is 0 Å². The molecule has 1 rings (SSSR count). The molecule has 0 radical (unpaired) electrons. The summed E-state index contributed by atoms with van der Waals surface area (Å²) in [6.07, 6.45) is 0.875. The molecule has 0 amide bonds. The Bertz CT molecular complexity index is 355.